The molecule has 0 unspecified atom stereocenters. The van der Waals surface area contributed by atoms with Crippen LogP contribution < -0.4 is 5.73 Å². The number of nitrogen functional groups attached to an aromatic ring is 1. The Morgan fingerprint density at radius 2 is 1.72 bits per heavy atom. The van der Waals surface area contributed by atoms with Gasteiger partial charge in [-0.25, -0.2) is 27.6 Å². The SMILES string of the molecule is Cc1cc(-c2cn3c(-c4cc(S(C)(=O)=O)ccc4C)cnc3c(N)n2)c(F)cn1.O=C(O)C(F)(F)F. The van der Waals surface area contributed by atoms with E-state index in [4.69, 9.17) is 15.6 Å². The monoisotopic (exact) mass is 525 g/mol. The molecule has 190 valence electrons. The molecule has 0 bridgehead atoms. The number of aryl methyl sites for hydroxylation is 2. The van der Waals surface area contributed by atoms with Crippen molar-refractivity contribution < 1.29 is 35.9 Å². The molecular weight excluding hydrogens is 506 g/mol. The van der Waals surface area contributed by atoms with Gasteiger partial charge in [-0.2, -0.15) is 13.2 Å². The smallest absolute Gasteiger partial charge is 0.475 e. The van der Waals surface area contributed by atoms with E-state index < -0.39 is 27.8 Å². The van der Waals surface area contributed by atoms with Gasteiger partial charge in [-0.1, -0.05) is 6.07 Å². The molecule has 0 amide bonds. The summed E-state index contributed by atoms with van der Waals surface area (Å²) in [6, 6.07) is 6.49. The van der Waals surface area contributed by atoms with Crippen molar-refractivity contribution in [1.29, 1.82) is 0 Å². The molecule has 0 radical (unpaired) electrons. The summed E-state index contributed by atoms with van der Waals surface area (Å²) < 4.78 is 71.8. The van der Waals surface area contributed by atoms with Gasteiger partial charge in [0.1, 0.15) is 0 Å². The van der Waals surface area contributed by atoms with Crippen LogP contribution in [0.1, 0.15) is 11.3 Å². The van der Waals surface area contributed by atoms with Crippen molar-refractivity contribution in [2.75, 3.05) is 12.0 Å². The van der Waals surface area contributed by atoms with Crippen LogP contribution in [-0.2, 0) is 14.6 Å². The fourth-order valence-corrected chi connectivity index (χ4v) is 3.84. The number of rotatable bonds is 3. The number of imidazole rings is 1. The van der Waals surface area contributed by atoms with Crippen molar-refractivity contribution in [2.45, 2.75) is 24.9 Å². The lowest BCUT2D eigenvalue weighted by Crippen LogP contribution is -2.21. The molecule has 4 aromatic rings. The summed E-state index contributed by atoms with van der Waals surface area (Å²) in [5.74, 6) is -3.13. The number of nitrogens with zero attached hydrogens (tertiary/aromatic N) is 4. The predicted molar refractivity (Wildman–Crippen MR) is 122 cm³/mol. The number of sulfone groups is 1. The first-order valence-corrected chi connectivity index (χ1v) is 11.9. The molecule has 3 N–H and O–H groups in total. The first-order valence-electron chi connectivity index (χ1n) is 9.97. The number of benzene rings is 1. The number of aromatic nitrogens is 4. The van der Waals surface area contributed by atoms with E-state index in [-0.39, 0.29) is 16.3 Å². The van der Waals surface area contributed by atoms with E-state index >= 15 is 0 Å². The number of carbonyl (C=O) groups is 1. The lowest BCUT2D eigenvalue weighted by molar-refractivity contribution is -0.192. The zero-order valence-electron chi connectivity index (χ0n) is 19.0. The molecule has 4 rings (SSSR count). The number of pyridine rings is 1. The molecule has 0 saturated carbocycles. The Hall–Kier alpha value is -4.07. The maximum atomic E-state index is 14.3. The molecule has 9 nitrogen and oxygen atoms in total. The number of fused-ring (bicyclic) bond motifs is 1. The normalized spacial score (nSPS) is 11.8. The van der Waals surface area contributed by atoms with Gasteiger partial charge in [0, 0.05) is 29.3 Å². The summed E-state index contributed by atoms with van der Waals surface area (Å²) in [4.78, 5) is 21.6. The minimum atomic E-state index is -5.08. The van der Waals surface area contributed by atoms with Crippen LogP contribution in [0.15, 0.2) is 47.8 Å². The second-order valence-corrected chi connectivity index (χ2v) is 9.72. The fraction of sp³-hybridized carbons (Fsp3) is 0.182. The van der Waals surface area contributed by atoms with Crippen molar-refractivity contribution in [2.24, 2.45) is 0 Å². The largest absolute Gasteiger partial charge is 0.490 e. The molecule has 0 atom stereocenters. The molecule has 0 aliphatic carbocycles. The molecule has 3 heterocycles. The molecule has 3 aromatic heterocycles. The molecule has 0 saturated heterocycles. The average molecular weight is 525 g/mol. The highest BCUT2D eigenvalue weighted by Crippen LogP contribution is 2.30. The van der Waals surface area contributed by atoms with E-state index in [1.165, 1.54) is 0 Å². The fourth-order valence-electron chi connectivity index (χ4n) is 3.19. The van der Waals surface area contributed by atoms with Crippen LogP contribution in [0.25, 0.3) is 28.2 Å². The Morgan fingerprint density at radius 1 is 1.08 bits per heavy atom. The van der Waals surface area contributed by atoms with E-state index in [0.717, 1.165) is 18.0 Å². The van der Waals surface area contributed by atoms with Gasteiger partial charge in [-0.3, -0.25) is 9.38 Å². The summed E-state index contributed by atoms with van der Waals surface area (Å²) >= 11 is 0. The lowest BCUT2D eigenvalue weighted by atomic mass is 10.1. The van der Waals surface area contributed by atoms with Crippen LogP contribution in [-0.4, -0.2) is 51.3 Å². The minimum absolute atomic E-state index is 0.138. The minimum Gasteiger partial charge on any atom is -0.475 e. The van der Waals surface area contributed by atoms with Crippen molar-refractivity contribution in [3.8, 4) is 22.5 Å². The lowest BCUT2D eigenvalue weighted by Gasteiger charge is -2.11. The van der Waals surface area contributed by atoms with Crippen LogP contribution in [0.3, 0.4) is 0 Å². The number of aliphatic carboxylic acids is 1. The number of carboxylic acid groups (broad SMARTS) is 1. The zero-order valence-corrected chi connectivity index (χ0v) is 19.8. The van der Waals surface area contributed by atoms with E-state index in [2.05, 4.69) is 15.0 Å². The van der Waals surface area contributed by atoms with Gasteiger partial charge in [0.2, 0.25) is 0 Å². The number of hydrogen-bond acceptors (Lipinski definition) is 7. The number of nitrogens with two attached hydrogens (primary N) is 1. The van der Waals surface area contributed by atoms with Crippen LogP contribution in [0.2, 0.25) is 0 Å². The second kappa shape index (κ2) is 9.53. The number of carboxylic acids is 1. The molecular formula is C22H19F4N5O4S. The van der Waals surface area contributed by atoms with Gasteiger partial charge in [0.25, 0.3) is 0 Å². The highest BCUT2D eigenvalue weighted by Gasteiger charge is 2.38. The molecule has 0 aliphatic rings. The third kappa shape index (κ3) is 5.59. The molecule has 14 heteroatoms. The van der Waals surface area contributed by atoms with Gasteiger partial charge in [0.05, 0.1) is 28.7 Å². The topological polar surface area (TPSA) is 141 Å². The van der Waals surface area contributed by atoms with Gasteiger partial charge < -0.3 is 10.8 Å². The highest BCUT2D eigenvalue weighted by atomic mass is 32.2. The molecule has 0 aliphatic heterocycles. The van der Waals surface area contributed by atoms with Crippen molar-refractivity contribution in [3.05, 3.63) is 59.9 Å². The molecule has 1 aromatic carbocycles. The second-order valence-electron chi connectivity index (χ2n) is 7.71. The zero-order chi connectivity index (χ0) is 27.0. The quantitative estimate of drug-likeness (QED) is 0.385. The first kappa shape index (κ1) is 26.5. The maximum Gasteiger partial charge on any atom is 0.490 e. The number of halogens is 4. The van der Waals surface area contributed by atoms with Crippen molar-refractivity contribution in [1.82, 2.24) is 19.4 Å². The van der Waals surface area contributed by atoms with Crippen LogP contribution in [0, 0.1) is 19.7 Å². The van der Waals surface area contributed by atoms with Crippen LogP contribution in [0.5, 0.6) is 0 Å². The Balaban J connectivity index is 0.000000454. The van der Waals surface area contributed by atoms with Crippen molar-refractivity contribution >= 4 is 27.3 Å². The summed E-state index contributed by atoms with van der Waals surface area (Å²) in [5, 5.41) is 7.12. The van der Waals surface area contributed by atoms with E-state index in [1.807, 2.05) is 6.92 Å². The van der Waals surface area contributed by atoms with Gasteiger partial charge >= 0.3 is 12.1 Å². The first-order chi connectivity index (χ1) is 16.6. The van der Waals surface area contributed by atoms with Crippen LogP contribution in [0.4, 0.5) is 23.4 Å². The summed E-state index contributed by atoms with van der Waals surface area (Å²) in [5.41, 5.74) is 9.90. The Bertz CT molecular complexity index is 1580. The average Bonchev–Trinajstić information content (AvgIpc) is 3.19. The number of anilines is 1. The van der Waals surface area contributed by atoms with Crippen molar-refractivity contribution in [3.63, 3.8) is 0 Å². The predicted octanol–water partition coefficient (Wildman–Crippen LogP) is 3.83. The third-order valence-corrected chi connectivity index (χ3v) is 6.05. The van der Waals surface area contributed by atoms with E-state index in [1.54, 1.807) is 48.0 Å². The maximum absolute atomic E-state index is 14.3. The van der Waals surface area contributed by atoms with Gasteiger partial charge in [-0.05, 0) is 37.6 Å². The molecule has 0 fully saturated rings. The summed E-state index contributed by atoms with van der Waals surface area (Å²) in [6.07, 6.45) is 0.448. The summed E-state index contributed by atoms with van der Waals surface area (Å²) in [7, 11) is -3.38. The van der Waals surface area contributed by atoms with E-state index in [0.29, 0.717) is 28.3 Å². The Morgan fingerprint density at radius 3 is 2.31 bits per heavy atom. The van der Waals surface area contributed by atoms with Crippen LogP contribution >= 0.6 is 0 Å². The van der Waals surface area contributed by atoms with E-state index in [9.17, 15) is 26.0 Å². The van der Waals surface area contributed by atoms with Gasteiger partial charge in [0.15, 0.2) is 27.1 Å². The Labute approximate surface area is 202 Å². The third-order valence-electron chi connectivity index (χ3n) is 4.94. The standard InChI is InChI=1S/C20H18FN5O2S.C2HF3O2/c1-11-4-5-13(29(3,27)28)7-14(11)18-9-24-20-19(22)25-17(10-26(18)20)15-6-12(2)23-8-16(15)21;3-2(4,5)1(6)7/h4-10H,1-3H3,(H2,22,25);(H,6,7). The molecule has 36 heavy (non-hydrogen) atoms. The number of alkyl halides is 3. The molecule has 0 spiro atoms. The van der Waals surface area contributed by atoms with Gasteiger partial charge in [-0.15, -0.1) is 0 Å². The number of hydrogen-bond donors (Lipinski definition) is 2. The summed E-state index contributed by atoms with van der Waals surface area (Å²) in [6.45, 7) is 3.63. The highest BCUT2D eigenvalue weighted by molar-refractivity contribution is 7.90. The Kier molecular flexibility index (Phi) is 7.02.